The summed E-state index contributed by atoms with van der Waals surface area (Å²) in [4.78, 5) is 24.3. The number of hydrogen-bond acceptors (Lipinski definition) is 5. The lowest BCUT2D eigenvalue weighted by atomic mass is 9.96. The summed E-state index contributed by atoms with van der Waals surface area (Å²) in [7, 11) is 0. The van der Waals surface area contributed by atoms with Gasteiger partial charge >= 0.3 is 0 Å². The number of piperidine rings is 1. The topological polar surface area (TPSA) is 71.3 Å². The first-order chi connectivity index (χ1) is 13.8. The van der Waals surface area contributed by atoms with E-state index in [4.69, 9.17) is 21.0 Å². The number of nitrogens with zero attached hydrogens (tertiary/aromatic N) is 3. The van der Waals surface area contributed by atoms with E-state index in [-0.39, 0.29) is 11.8 Å². The number of amides is 1. The van der Waals surface area contributed by atoms with Gasteiger partial charge in [0.2, 0.25) is 11.6 Å². The Labute approximate surface area is 175 Å². The third-order valence-corrected chi connectivity index (χ3v) is 5.91. The summed E-state index contributed by atoms with van der Waals surface area (Å²) in [6.45, 7) is 9.25. The maximum atomic E-state index is 12.9. The average molecular weight is 413 g/mol. The lowest BCUT2D eigenvalue weighted by Gasteiger charge is -2.33. The molecule has 3 heterocycles. The van der Waals surface area contributed by atoms with E-state index in [9.17, 15) is 4.79 Å². The molecular formula is C22H25ClN4O2. The highest BCUT2D eigenvalue weighted by atomic mass is 35.5. The molecule has 3 aromatic rings. The van der Waals surface area contributed by atoms with Crippen LogP contribution < -0.4 is 10.2 Å². The molecule has 1 aromatic carbocycles. The zero-order valence-electron chi connectivity index (χ0n) is 17.2. The van der Waals surface area contributed by atoms with E-state index < -0.39 is 0 Å². The monoisotopic (exact) mass is 412 g/mol. The van der Waals surface area contributed by atoms with Crippen molar-refractivity contribution in [1.29, 1.82) is 0 Å². The first-order valence-corrected chi connectivity index (χ1v) is 10.3. The SMILES string of the molecule is Cc1ccc(NC(=O)[C@H]2CCCN(c3nc(C)nc4oc(C)c(C)c34)C2)c(Cl)c1. The van der Waals surface area contributed by atoms with Crippen molar-refractivity contribution >= 4 is 40.1 Å². The maximum Gasteiger partial charge on any atom is 0.231 e. The van der Waals surface area contributed by atoms with E-state index in [1.54, 1.807) is 0 Å². The van der Waals surface area contributed by atoms with Crippen LogP contribution in [0.2, 0.25) is 5.02 Å². The van der Waals surface area contributed by atoms with E-state index in [0.717, 1.165) is 47.5 Å². The fourth-order valence-corrected chi connectivity index (χ4v) is 4.18. The fraction of sp³-hybridized carbons (Fsp3) is 0.409. The molecule has 2 aromatic heterocycles. The molecule has 152 valence electrons. The maximum absolute atomic E-state index is 12.9. The summed E-state index contributed by atoms with van der Waals surface area (Å²) < 4.78 is 5.82. The molecule has 6 nitrogen and oxygen atoms in total. The van der Waals surface area contributed by atoms with Gasteiger partial charge in [0.15, 0.2) is 0 Å². The second kappa shape index (κ2) is 7.67. The number of fused-ring (bicyclic) bond motifs is 1. The third kappa shape index (κ3) is 3.81. The van der Waals surface area contributed by atoms with Gasteiger partial charge in [-0.25, -0.2) is 4.98 Å². The van der Waals surface area contributed by atoms with Crippen LogP contribution in [0.25, 0.3) is 11.1 Å². The van der Waals surface area contributed by atoms with Crippen molar-refractivity contribution in [3.8, 4) is 0 Å². The molecule has 0 bridgehead atoms. The first-order valence-electron chi connectivity index (χ1n) is 9.90. The number of nitrogens with one attached hydrogen (secondary N) is 1. The fourth-order valence-electron chi connectivity index (χ4n) is 3.90. The summed E-state index contributed by atoms with van der Waals surface area (Å²) in [5.74, 6) is 2.22. The van der Waals surface area contributed by atoms with Gasteiger partial charge in [0.05, 0.1) is 22.0 Å². The van der Waals surface area contributed by atoms with Crippen LogP contribution in [0.5, 0.6) is 0 Å². The van der Waals surface area contributed by atoms with Gasteiger partial charge in [-0.15, -0.1) is 0 Å². The van der Waals surface area contributed by atoms with Crippen molar-refractivity contribution in [3.63, 3.8) is 0 Å². The van der Waals surface area contributed by atoms with Crippen LogP contribution in [0.1, 0.15) is 35.6 Å². The van der Waals surface area contributed by atoms with Gasteiger partial charge in [0.1, 0.15) is 17.4 Å². The number of benzene rings is 1. The summed E-state index contributed by atoms with van der Waals surface area (Å²) >= 11 is 6.29. The summed E-state index contributed by atoms with van der Waals surface area (Å²) in [5.41, 5.74) is 3.38. The number of anilines is 2. The van der Waals surface area contributed by atoms with Crippen molar-refractivity contribution in [2.45, 2.75) is 40.5 Å². The Hall–Kier alpha value is -2.60. The minimum atomic E-state index is -0.139. The molecule has 0 saturated carbocycles. The molecule has 1 aliphatic heterocycles. The summed E-state index contributed by atoms with van der Waals surface area (Å²) in [6, 6.07) is 5.65. The standard InChI is InChI=1S/C22H25ClN4O2/c1-12-7-8-18(17(23)10-12)26-21(28)16-6-5-9-27(11-16)20-19-13(2)14(3)29-22(19)25-15(4)24-20/h7-8,10,16H,5-6,9,11H2,1-4H3,(H,26,28)/t16-/m0/s1. The normalized spacial score (nSPS) is 17.0. The van der Waals surface area contributed by atoms with Gasteiger partial charge in [-0.3, -0.25) is 4.79 Å². The molecule has 0 radical (unpaired) electrons. The van der Waals surface area contributed by atoms with Crippen molar-refractivity contribution in [2.24, 2.45) is 5.92 Å². The zero-order chi connectivity index (χ0) is 20.7. The van der Waals surface area contributed by atoms with Crippen LogP contribution in [0.4, 0.5) is 11.5 Å². The van der Waals surface area contributed by atoms with Crippen LogP contribution >= 0.6 is 11.6 Å². The Balaban J connectivity index is 1.59. The molecule has 1 N–H and O–H groups in total. The Morgan fingerprint density at radius 1 is 1.24 bits per heavy atom. The molecule has 4 rings (SSSR count). The molecule has 0 unspecified atom stereocenters. The number of aryl methyl sites for hydroxylation is 4. The molecule has 0 aliphatic carbocycles. The Morgan fingerprint density at radius 3 is 2.79 bits per heavy atom. The molecule has 29 heavy (non-hydrogen) atoms. The van der Waals surface area contributed by atoms with E-state index in [1.165, 1.54) is 0 Å². The second-order valence-electron chi connectivity index (χ2n) is 7.82. The number of halogens is 1. The molecule has 1 saturated heterocycles. The van der Waals surface area contributed by atoms with Gasteiger partial charge in [0.25, 0.3) is 0 Å². The quantitative estimate of drug-likeness (QED) is 0.657. The molecular weight excluding hydrogens is 388 g/mol. The van der Waals surface area contributed by atoms with Crippen molar-refractivity contribution in [3.05, 3.63) is 45.9 Å². The summed E-state index contributed by atoms with van der Waals surface area (Å²) in [5, 5.41) is 4.49. The number of rotatable bonds is 3. The summed E-state index contributed by atoms with van der Waals surface area (Å²) in [6.07, 6.45) is 1.75. The smallest absolute Gasteiger partial charge is 0.231 e. The third-order valence-electron chi connectivity index (χ3n) is 5.60. The van der Waals surface area contributed by atoms with Gasteiger partial charge in [0, 0.05) is 18.7 Å². The molecule has 1 amide bonds. The molecule has 7 heteroatoms. The molecule has 0 spiro atoms. The predicted molar refractivity (Wildman–Crippen MR) is 116 cm³/mol. The minimum absolute atomic E-state index is 0.0115. The van der Waals surface area contributed by atoms with Crippen LogP contribution in [0.15, 0.2) is 22.6 Å². The average Bonchev–Trinajstić information content (AvgIpc) is 2.97. The number of furan rings is 1. The predicted octanol–water partition coefficient (Wildman–Crippen LogP) is 4.96. The van der Waals surface area contributed by atoms with E-state index in [1.807, 2.05) is 45.9 Å². The molecule has 1 aliphatic rings. The second-order valence-corrected chi connectivity index (χ2v) is 8.22. The van der Waals surface area contributed by atoms with Gasteiger partial charge in [-0.05, 0) is 58.2 Å². The van der Waals surface area contributed by atoms with E-state index in [2.05, 4.69) is 15.2 Å². The number of aromatic nitrogens is 2. The van der Waals surface area contributed by atoms with E-state index in [0.29, 0.717) is 28.8 Å². The van der Waals surface area contributed by atoms with Crippen LogP contribution in [0.3, 0.4) is 0 Å². The first kappa shape index (κ1) is 19.7. The van der Waals surface area contributed by atoms with Crippen molar-refractivity contribution in [2.75, 3.05) is 23.3 Å². The Bertz CT molecular complexity index is 1090. The van der Waals surface area contributed by atoms with Crippen molar-refractivity contribution in [1.82, 2.24) is 9.97 Å². The van der Waals surface area contributed by atoms with Crippen LogP contribution in [0, 0.1) is 33.6 Å². The van der Waals surface area contributed by atoms with Gasteiger partial charge in [-0.2, -0.15) is 4.98 Å². The van der Waals surface area contributed by atoms with Crippen LogP contribution in [-0.4, -0.2) is 29.0 Å². The highest BCUT2D eigenvalue weighted by Crippen LogP contribution is 2.34. The minimum Gasteiger partial charge on any atom is -0.443 e. The highest BCUT2D eigenvalue weighted by Gasteiger charge is 2.29. The van der Waals surface area contributed by atoms with Gasteiger partial charge in [-0.1, -0.05) is 17.7 Å². The zero-order valence-corrected chi connectivity index (χ0v) is 17.9. The Morgan fingerprint density at radius 2 is 2.03 bits per heavy atom. The lowest BCUT2D eigenvalue weighted by molar-refractivity contribution is -0.120. The van der Waals surface area contributed by atoms with Crippen LogP contribution in [-0.2, 0) is 4.79 Å². The lowest BCUT2D eigenvalue weighted by Crippen LogP contribution is -2.41. The van der Waals surface area contributed by atoms with Crippen molar-refractivity contribution < 1.29 is 9.21 Å². The highest BCUT2D eigenvalue weighted by molar-refractivity contribution is 6.33. The molecule has 1 atom stereocenters. The largest absolute Gasteiger partial charge is 0.443 e. The number of carbonyl (C=O) groups is 1. The number of carbonyl (C=O) groups excluding carboxylic acids is 1. The van der Waals surface area contributed by atoms with E-state index >= 15 is 0 Å². The Kier molecular flexibility index (Phi) is 5.21. The number of hydrogen-bond donors (Lipinski definition) is 1. The van der Waals surface area contributed by atoms with Gasteiger partial charge < -0.3 is 14.6 Å². The molecule has 1 fully saturated rings.